The Morgan fingerprint density at radius 2 is 1.81 bits per heavy atom. The van der Waals surface area contributed by atoms with Gasteiger partial charge < -0.3 is 10.6 Å². The molecule has 1 heterocycles. The molecule has 2 aromatic rings. The molecule has 2 atom stereocenters. The van der Waals surface area contributed by atoms with Crippen molar-refractivity contribution in [2.75, 3.05) is 11.9 Å². The number of nitrogens with one attached hydrogen (secondary N) is 2. The lowest BCUT2D eigenvalue weighted by Gasteiger charge is -2.29. The Hall–Kier alpha value is -2.62. The lowest BCUT2D eigenvalue weighted by Crippen LogP contribution is -2.37. The molecule has 0 radical (unpaired) electrons. The fourth-order valence-electron chi connectivity index (χ4n) is 4.17. The molecule has 2 unspecified atom stereocenters. The lowest BCUT2D eigenvalue weighted by molar-refractivity contribution is -0.132. The van der Waals surface area contributed by atoms with Crippen molar-refractivity contribution in [3.8, 4) is 11.1 Å². The van der Waals surface area contributed by atoms with E-state index in [9.17, 15) is 9.59 Å². The largest absolute Gasteiger partial charge is 0.355 e. The van der Waals surface area contributed by atoms with E-state index in [1.54, 1.807) is 0 Å². The van der Waals surface area contributed by atoms with Gasteiger partial charge in [0.15, 0.2) is 0 Å². The maximum atomic E-state index is 12.8. The minimum Gasteiger partial charge on any atom is -0.355 e. The molecular formula is C22H24N2O2. The number of carbonyl (C=O) groups excluding carboxylic acids is 2. The van der Waals surface area contributed by atoms with Crippen LogP contribution in [-0.4, -0.2) is 18.4 Å². The highest BCUT2D eigenvalue weighted by atomic mass is 16.2. The molecule has 1 aliphatic carbocycles. The number of anilines is 1. The fraction of sp³-hybridized carbons (Fsp3) is 0.364. The Morgan fingerprint density at radius 1 is 1.08 bits per heavy atom. The first kappa shape index (κ1) is 16.8. The molecule has 134 valence electrons. The topological polar surface area (TPSA) is 58.2 Å². The Morgan fingerprint density at radius 3 is 2.58 bits per heavy atom. The predicted octanol–water partition coefficient (Wildman–Crippen LogP) is 3.60. The van der Waals surface area contributed by atoms with Crippen LogP contribution in [0.4, 0.5) is 5.69 Å². The van der Waals surface area contributed by atoms with Crippen LogP contribution in [-0.2, 0) is 16.0 Å². The van der Waals surface area contributed by atoms with E-state index < -0.39 is 5.92 Å². The molecular weight excluding hydrogens is 324 g/mol. The number of hydrogen-bond acceptors (Lipinski definition) is 2. The van der Waals surface area contributed by atoms with Gasteiger partial charge in [-0.05, 0) is 46.2 Å². The van der Waals surface area contributed by atoms with Gasteiger partial charge in [0, 0.05) is 18.2 Å². The van der Waals surface area contributed by atoms with Crippen LogP contribution in [0.5, 0.6) is 0 Å². The summed E-state index contributed by atoms with van der Waals surface area (Å²) >= 11 is 0. The third-order valence-corrected chi connectivity index (χ3v) is 5.64. The molecule has 0 saturated carbocycles. The van der Waals surface area contributed by atoms with Crippen molar-refractivity contribution in [2.45, 2.75) is 27.2 Å². The fourth-order valence-corrected chi connectivity index (χ4v) is 4.17. The highest BCUT2D eigenvalue weighted by molar-refractivity contribution is 6.08. The van der Waals surface area contributed by atoms with Crippen molar-refractivity contribution in [1.82, 2.24) is 5.32 Å². The monoisotopic (exact) mass is 348 g/mol. The molecule has 1 aliphatic heterocycles. The summed E-state index contributed by atoms with van der Waals surface area (Å²) < 4.78 is 0. The van der Waals surface area contributed by atoms with Crippen molar-refractivity contribution in [2.24, 2.45) is 17.3 Å². The van der Waals surface area contributed by atoms with Gasteiger partial charge in [-0.25, -0.2) is 0 Å². The van der Waals surface area contributed by atoms with E-state index in [0.717, 1.165) is 12.1 Å². The quantitative estimate of drug-likeness (QED) is 0.695. The van der Waals surface area contributed by atoms with Crippen molar-refractivity contribution in [1.29, 1.82) is 0 Å². The number of amides is 2. The van der Waals surface area contributed by atoms with Crippen LogP contribution in [0.3, 0.4) is 0 Å². The van der Waals surface area contributed by atoms with Gasteiger partial charge >= 0.3 is 0 Å². The predicted molar refractivity (Wildman–Crippen MR) is 103 cm³/mol. The standard InChI is InChI=1S/C22H24N2O2/c1-22(2,3)18-12-23-20(25)19(18)21(26)24-15-8-9-17-14(11-15)10-13-6-4-5-7-16(13)17/h4-9,11,18-19H,10,12H2,1-3H3,(H,23,25)(H,24,26). The second-order valence-corrected chi connectivity index (χ2v) is 8.39. The highest BCUT2D eigenvalue weighted by Gasteiger charge is 2.45. The molecule has 4 nitrogen and oxygen atoms in total. The average Bonchev–Trinajstić information content (AvgIpc) is 3.14. The van der Waals surface area contributed by atoms with Crippen LogP contribution < -0.4 is 10.6 Å². The minimum atomic E-state index is -0.638. The van der Waals surface area contributed by atoms with Crippen LogP contribution in [0.25, 0.3) is 11.1 Å². The van der Waals surface area contributed by atoms with Gasteiger partial charge in [-0.15, -0.1) is 0 Å². The van der Waals surface area contributed by atoms with Crippen LogP contribution in [0, 0.1) is 17.3 Å². The van der Waals surface area contributed by atoms with E-state index >= 15 is 0 Å². The summed E-state index contributed by atoms with van der Waals surface area (Å²) in [6.07, 6.45) is 0.879. The normalized spacial score (nSPS) is 21.1. The van der Waals surface area contributed by atoms with Gasteiger partial charge in [0.05, 0.1) is 0 Å². The maximum absolute atomic E-state index is 12.8. The van der Waals surface area contributed by atoms with Gasteiger partial charge in [-0.1, -0.05) is 51.1 Å². The summed E-state index contributed by atoms with van der Waals surface area (Å²) in [5.41, 5.74) is 5.67. The van der Waals surface area contributed by atoms with Gasteiger partial charge in [0.2, 0.25) is 11.8 Å². The van der Waals surface area contributed by atoms with Crippen molar-refractivity contribution in [3.05, 3.63) is 53.6 Å². The van der Waals surface area contributed by atoms with E-state index in [4.69, 9.17) is 0 Å². The van der Waals surface area contributed by atoms with E-state index in [1.165, 1.54) is 22.3 Å². The molecule has 0 spiro atoms. The Kier molecular flexibility index (Phi) is 3.87. The number of hydrogen-bond donors (Lipinski definition) is 2. The molecule has 4 heteroatoms. The molecule has 1 fully saturated rings. The van der Waals surface area contributed by atoms with E-state index in [-0.39, 0.29) is 23.1 Å². The van der Waals surface area contributed by atoms with Crippen LogP contribution >= 0.6 is 0 Å². The SMILES string of the molecule is CC(C)(C)C1CNC(=O)C1C(=O)Nc1ccc2c(c1)Cc1ccccc1-2. The summed E-state index contributed by atoms with van der Waals surface area (Å²) in [5.74, 6) is -1.03. The second kappa shape index (κ2) is 5.97. The summed E-state index contributed by atoms with van der Waals surface area (Å²) in [4.78, 5) is 25.1. The second-order valence-electron chi connectivity index (χ2n) is 8.39. The average molecular weight is 348 g/mol. The summed E-state index contributed by atoms with van der Waals surface area (Å²) in [5, 5.41) is 5.82. The first-order valence-electron chi connectivity index (χ1n) is 9.14. The van der Waals surface area contributed by atoms with Gasteiger partial charge in [0.1, 0.15) is 5.92 Å². The Bertz CT molecular complexity index is 895. The van der Waals surface area contributed by atoms with Crippen molar-refractivity contribution < 1.29 is 9.59 Å². The van der Waals surface area contributed by atoms with Gasteiger partial charge in [-0.3, -0.25) is 9.59 Å². The summed E-state index contributed by atoms with van der Waals surface area (Å²) in [7, 11) is 0. The molecule has 2 aromatic carbocycles. The number of rotatable bonds is 2. The van der Waals surface area contributed by atoms with Crippen molar-refractivity contribution >= 4 is 17.5 Å². The van der Waals surface area contributed by atoms with Gasteiger partial charge in [-0.2, -0.15) is 0 Å². The molecule has 2 amide bonds. The molecule has 2 aliphatic rings. The van der Waals surface area contributed by atoms with Crippen LogP contribution in [0.1, 0.15) is 31.9 Å². The van der Waals surface area contributed by atoms with E-state index in [2.05, 4.69) is 61.7 Å². The van der Waals surface area contributed by atoms with Crippen LogP contribution in [0.15, 0.2) is 42.5 Å². The summed E-state index contributed by atoms with van der Waals surface area (Å²) in [6.45, 7) is 6.78. The van der Waals surface area contributed by atoms with Crippen molar-refractivity contribution in [3.63, 3.8) is 0 Å². The number of benzene rings is 2. The number of carbonyl (C=O) groups is 2. The smallest absolute Gasteiger partial charge is 0.237 e. The molecule has 2 N–H and O–H groups in total. The maximum Gasteiger partial charge on any atom is 0.237 e. The molecule has 0 aromatic heterocycles. The van der Waals surface area contributed by atoms with Gasteiger partial charge in [0.25, 0.3) is 0 Å². The van der Waals surface area contributed by atoms with Crippen LogP contribution in [0.2, 0.25) is 0 Å². The zero-order valence-corrected chi connectivity index (χ0v) is 15.4. The highest BCUT2D eigenvalue weighted by Crippen LogP contribution is 2.38. The summed E-state index contributed by atoms with van der Waals surface area (Å²) in [6, 6.07) is 14.4. The first-order chi connectivity index (χ1) is 12.3. The Balaban J connectivity index is 1.56. The Labute approximate surface area is 154 Å². The molecule has 0 bridgehead atoms. The molecule has 1 saturated heterocycles. The lowest BCUT2D eigenvalue weighted by atomic mass is 9.74. The third-order valence-electron chi connectivity index (χ3n) is 5.64. The van der Waals surface area contributed by atoms with E-state index in [1.807, 2.05) is 12.1 Å². The molecule has 26 heavy (non-hydrogen) atoms. The third kappa shape index (κ3) is 2.79. The van der Waals surface area contributed by atoms with E-state index in [0.29, 0.717) is 6.54 Å². The zero-order chi connectivity index (χ0) is 18.5. The minimum absolute atomic E-state index is 0.00585. The first-order valence-corrected chi connectivity index (χ1v) is 9.14. The number of fused-ring (bicyclic) bond motifs is 3. The molecule has 4 rings (SSSR count). The zero-order valence-electron chi connectivity index (χ0n) is 15.4.